The molecule has 7 nitrogen and oxygen atoms in total. The number of benzene rings is 1. The molecule has 1 amide bonds. The van der Waals surface area contributed by atoms with Crippen molar-refractivity contribution in [2.75, 3.05) is 11.9 Å². The van der Waals surface area contributed by atoms with Gasteiger partial charge in [-0.1, -0.05) is 12.1 Å². The average Bonchev–Trinajstić information content (AvgIpc) is 2.95. The molecule has 8 heteroatoms. The van der Waals surface area contributed by atoms with Crippen LogP contribution in [0.2, 0.25) is 0 Å². The van der Waals surface area contributed by atoms with Gasteiger partial charge in [0.1, 0.15) is 5.00 Å². The molecular formula is C20H21N3O4S. The van der Waals surface area contributed by atoms with E-state index in [2.05, 4.69) is 10.3 Å². The van der Waals surface area contributed by atoms with Crippen LogP contribution >= 0.6 is 11.3 Å². The van der Waals surface area contributed by atoms with Crippen LogP contribution in [0.5, 0.6) is 0 Å². The van der Waals surface area contributed by atoms with E-state index in [1.54, 1.807) is 25.1 Å². The van der Waals surface area contributed by atoms with Crippen LogP contribution in [0.4, 0.5) is 5.00 Å². The van der Waals surface area contributed by atoms with Gasteiger partial charge in [0.05, 0.1) is 29.4 Å². The number of hydrogen-bond donors (Lipinski definition) is 1. The van der Waals surface area contributed by atoms with Crippen molar-refractivity contribution in [3.63, 3.8) is 0 Å². The topological polar surface area (TPSA) is 90.3 Å². The highest BCUT2D eigenvalue weighted by molar-refractivity contribution is 7.16. The Morgan fingerprint density at radius 1 is 1.25 bits per heavy atom. The van der Waals surface area contributed by atoms with Crippen LogP contribution in [0.15, 0.2) is 35.4 Å². The van der Waals surface area contributed by atoms with E-state index in [1.165, 1.54) is 22.2 Å². The first-order chi connectivity index (χ1) is 13.4. The van der Waals surface area contributed by atoms with Gasteiger partial charge in [0.25, 0.3) is 5.56 Å². The molecule has 28 heavy (non-hydrogen) atoms. The van der Waals surface area contributed by atoms with Crippen LogP contribution in [0.3, 0.4) is 0 Å². The van der Waals surface area contributed by atoms with E-state index in [1.807, 2.05) is 19.9 Å². The maximum absolute atomic E-state index is 12.5. The first-order valence-corrected chi connectivity index (χ1v) is 9.75. The lowest BCUT2D eigenvalue weighted by molar-refractivity contribution is -0.116. The fourth-order valence-electron chi connectivity index (χ4n) is 2.84. The van der Waals surface area contributed by atoms with Crippen LogP contribution in [-0.4, -0.2) is 28.0 Å². The normalized spacial score (nSPS) is 10.8. The number of thiophene rings is 1. The molecule has 0 radical (unpaired) electrons. The Bertz CT molecular complexity index is 1100. The van der Waals surface area contributed by atoms with Gasteiger partial charge >= 0.3 is 5.97 Å². The maximum atomic E-state index is 12.5. The Balaban J connectivity index is 1.74. The third kappa shape index (κ3) is 3.96. The van der Waals surface area contributed by atoms with Crippen LogP contribution in [0, 0.1) is 13.8 Å². The van der Waals surface area contributed by atoms with Gasteiger partial charge in [-0.2, -0.15) is 0 Å². The van der Waals surface area contributed by atoms with Crippen LogP contribution in [0.1, 0.15) is 34.1 Å². The number of ether oxygens (including phenoxy) is 1. The number of esters is 1. The lowest BCUT2D eigenvalue weighted by atomic mass is 10.1. The third-order valence-electron chi connectivity index (χ3n) is 4.43. The zero-order valence-electron chi connectivity index (χ0n) is 15.9. The number of hydrogen-bond acceptors (Lipinski definition) is 6. The molecule has 1 aromatic carbocycles. The molecule has 0 bridgehead atoms. The van der Waals surface area contributed by atoms with Crippen molar-refractivity contribution in [2.45, 2.75) is 33.7 Å². The summed E-state index contributed by atoms with van der Waals surface area (Å²) in [5, 5.41) is 3.77. The highest BCUT2D eigenvalue weighted by Crippen LogP contribution is 2.33. The number of nitrogens with one attached hydrogen (secondary N) is 1. The van der Waals surface area contributed by atoms with Crippen LogP contribution in [-0.2, 0) is 16.1 Å². The SMILES string of the molecule is CCOC(=O)c1c(NC(=O)CCn2cnc3ccccc3c2=O)sc(C)c1C. The molecule has 0 aliphatic heterocycles. The molecule has 0 atom stereocenters. The molecule has 0 saturated carbocycles. The summed E-state index contributed by atoms with van der Waals surface area (Å²) in [6.07, 6.45) is 1.53. The molecule has 2 aromatic heterocycles. The summed E-state index contributed by atoms with van der Waals surface area (Å²) in [7, 11) is 0. The molecule has 0 aliphatic rings. The van der Waals surface area contributed by atoms with Gasteiger partial charge in [-0.05, 0) is 38.5 Å². The second kappa shape index (κ2) is 8.35. The van der Waals surface area contributed by atoms with E-state index in [4.69, 9.17) is 4.74 Å². The molecule has 0 unspecified atom stereocenters. The quantitative estimate of drug-likeness (QED) is 0.643. The number of rotatable bonds is 6. The number of aryl methyl sites for hydroxylation is 2. The van der Waals surface area contributed by atoms with Crippen LogP contribution < -0.4 is 10.9 Å². The molecule has 3 aromatic rings. The minimum atomic E-state index is -0.449. The van der Waals surface area contributed by atoms with E-state index in [0.717, 1.165) is 10.4 Å². The summed E-state index contributed by atoms with van der Waals surface area (Å²) >= 11 is 1.34. The number of fused-ring (bicyclic) bond motifs is 1. The smallest absolute Gasteiger partial charge is 0.341 e. The van der Waals surface area contributed by atoms with Crippen LogP contribution in [0.25, 0.3) is 10.9 Å². The first-order valence-electron chi connectivity index (χ1n) is 8.93. The van der Waals surface area contributed by atoms with Crippen molar-refractivity contribution in [1.29, 1.82) is 0 Å². The Kier molecular flexibility index (Phi) is 5.89. The van der Waals surface area contributed by atoms with Gasteiger partial charge < -0.3 is 10.1 Å². The van der Waals surface area contributed by atoms with Gasteiger partial charge in [0, 0.05) is 17.8 Å². The maximum Gasteiger partial charge on any atom is 0.341 e. The van der Waals surface area contributed by atoms with Gasteiger partial charge in [0.15, 0.2) is 0 Å². The fraction of sp³-hybridized carbons (Fsp3) is 0.300. The summed E-state index contributed by atoms with van der Waals surface area (Å²) < 4.78 is 6.51. The number of amides is 1. The molecule has 146 valence electrons. The van der Waals surface area contributed by atoms with Gasteiger partial charge in [0.2, 0.25) is 5.91 Å². The minimum absolute atomic E-state index is 0.0815. The van der Waals surface area contributed by atoms with Crippen molar-refractivity contribution in [3.05, 3.63) is 57.0 Å². The van der Waals surface area contributed by atoms with Crippen molar-refractivity contribution in [2.24, 2.45) is 0 Å². The fourth-order valence-corrected chi connectivity index (χ4v) is 3.91. The number of carbonyl (C=O) groups excluding carboxylic acids is 2. The summed E-state index contributed by atoms with van der Waals surface area (Å²) in [6.45, 7) is 5.91. The lowest BCUT2D eigenvalue weighted by Crippen LogP contribution is -2.23. The Labute approximate surface area is 166 Å². The molecule has 2 heterocycles. The van der Waals surface area contributed by atoms with E-state index in [-0.39, 0.29) is 31.0 Å². The second-order valence-electron chi connectivity index (χ2n) is 6.27. The predicted octanol–water partition coefficient (Wildman–Crippen LogP) is 3.28. The number of aromatic nitrogens is 2. The predicted molar refractivity (Wildman–Crippen MR) is 109 cm³/mol. The first kappa shape index (κ1) is 19.8. The number of anilines is 1. The van der Waals surface area contributed by atoms with Crippen molar-refractivity contribution in [1.82, 2.24) is 9.55 Å². The lowest BCUT2D eigenvalue weighted by Gasteiger charge is -2.08. The number of carbonyl (C=O) groups is 2. The largest absolute Gasteiger partial charge is 0.462 e. The summed E-state index contributed by atoms with van der Waals surface area (Å²) in [5.74, 6) is -0.735. The van der Waals surface area contributed by atoms with Crippen molar-refractivity contribution in [3.8, 4) is 0 Å². The second-order valence-corrected chi connectivity index (χ2v) is 7.49. The highest BCUT2D eigenvalue weighted by atomic mass is 32.1. The third-order valence-corrected chi connectivity index (χ3v) is 5.55. The zero-order valence-corrected chi connectivity index (χ0v) is 16.8. The Morgan fingerprint density at radius 3 is 2.75 bits per heavy atom. The van der Waals surface area contributed by atoms with Crippen molar-refractivity contribution >= 4 is 39.1 Å². The molecule has 3 rings (SSSR count). The number of para-hydroxylation sites is 1. The van der Waals surface area contributed by atoms with E-state index < -0.39 is 5.97 Å². The van der Waals surface area contributed by atoms with E-state index in [9.17, 15) is 14.4 Å². The average molecular weight is 399 g/mol. The molecule has 0 aliphatic carbocycles. The molecule has 0 spiro atoms. The Hall–Kier alpha value is -3.00. The Morgan fingerprint density at radius 2 is 2.00 bits per heavy atom. The van der Waals surface area contributed by atoms with Gasteiger partial charge in [-0.3, -0.25) is 14.2 Å². The molecular weight excluding hydrogens is 378 g/mol. The number of nitrogens with zero attached hydrogens (tertiary/aromatic N) is 2. The molecule has 0 fully saturated rings. The summed E-state index contributed by atoms with van der Waals surface area (Å²) in [4.78, 5) is 42.3. The zero-order chi connectivity index (χ0) is 20.3. The van der Waals surface area contributed by atoms with Gasteiger partial charge in [-0.25, -0.2) is 9.78 Å². The summed E-state index contributed by atoms with van der Waals surface area (Å²) in [6, 6.07) is 7.08. The minimum Gasteiger partial charge on any atom is -0.462 e. The van der Waals surface area contributed by atoms with Crippen molar-refractivity contribution < 1.29 is 14.3 Å². The van der Waals surface area contributed by atoms with Gasteiger partial charge in [-0.15, -0.1) is 11.3 Å². The monoisotopic (exact) mass is 399 g/mol. The molecule has 0 saturated heterocycles. The highest BCUT2D eigenvalue weighted by Gasteiger charge is 2.22. The van der Waals surface area contributed by atoms with E-state index in [0.29, 0.717) is 21.5 Å². The standard InChI is InChI=1S/C20H21N3O4S/c1-4-27-20(26)17-12(2)13(3)28-18(17)22-16(24)9-10-23-11-21-15-8-6-5-7-14(15)19(23)25/h5-8,11H,4,9-10H2,1-3H3,(H,22,24). The van der Waals surface area contributed by atoms with E-state index >= 15 is 0 Å². The summed E-state index contributed by atoms with van der Waals surface area (Å²) in [5.41, 5.74) is 1.63. The molecule has 1 N–H and O–H groups in total.